The molecule has 5 atom stereocenters. The number of aliphatic hydroxyl groups excluding tert-OH is 2. The van der Waals surface area contributed by atoms with Crippen LogP contribution in [0.3, 0.4) is 0 Å². The smallest absolute Gasteiger partial charge is 0.812 e. The van der Waals surface area contributed by atoms with Gasteiger partial charge >= 0.3 is 56.6 Å². The summed E-state index contributed by atoms with van der Waals surface area (Å²) in [6.45, 7) is -5.86. The van der Waals surface area contributed by atoms with Crippen molar-refractivity contribution in [3.8, 4) is 0 Å². The van der Waals surface area contributed by atoms with E-state index in [0.717, 1.165) is 6.33 Å². The van der Waals surface area contributed by atoms with Crippen molar-refractivity contribution in [3.63, 3.8) is 0 Å². The van der Waals surface area contributed by atoms with Gasteiger partial charge in [-0.05, 0) is 0 Å². The van der Waals surface area contributed by atoms with E-state index < -0.39 is 45.7 Å². The molecule has 1 fully saturated rings. The molecule has 0 aliphatic carbocycles. The second kappa shape index (κ2) is 11.7. The molecule has 1 aliphatic rings. The number of phosphoric acid groups is 1. The molecular formula is C10H12Li3N5O9P2S. The molecule has 14 nitrogen and oxygen atoms in total. The number of imidazole rings is 1. The van der Waals surface area contributed by atoms with Crippen molar-refractivity contribution in [2.24, 2.45) is 0 Å². The summed E-state index contributed by atoms with van der Waals surface area (Å²) in [4.78, 5) is 44.6. The summed E-state index contributed by atoms with van der Waals surface area (Å²) < 4.78 is 26.1. The Balaban J connectivity index is 0.00000280. The summed E-state index contributed by atoms with van der Waals surface area (Å²) in [7, 11) is -5.30. The molecule has 3 rings (SSSR count). The topological polar surface area (TPSA) is 224 Å². The number of phosphoric ester groups is 1. The van der Waals surface area contributed by atoms with Crippen LogP contribution in [0.4, 0.5) is 5.82 Å². The zero-order valence-corrected chi connectivity index (χ0v) is 18.7. The quantitative estimate of drug-likeness (QED) is 0.268. The molecular weight excluding hydrogens is 449 g/mol. The fourth-order valence-corrected chi connectivity index (χ4v) is 4.70. The number of rotatable bonds is 6. The van der Waals surface area contributed by atoms with Crippen LogP contribution < -0.4 is 77.0 Å². The first kappa shape index (κ1) is 30.7. The van der Waals surface area contributed by atoms with Gasteiger partial charge in [0.15, 0.2) is 17.7 Å². The van der Waals surface area contributed by atoms with Crippen molar-refractivity contribution in [3.05, 3.63) is 12.7 Å². The van der Waals surface area contributed by atoms with Crippen LogP contribution in [0, 0.1) is 0 Å². The predicted molar refractivity (Wildman–Crippen MR) is 84.6 cm³/mol. The Morgan fingerprint density at radius 1 is 1.20 bits per heavy atom. The van der Waals surface area contributed by atoms with E-state index in [4.69, 9.17) is 10.5 Å². The van der Waals surface area contributed by atoms with Gasteiger partial charge in [-0.1, -0.05) is 6.72 Å². The molecule has 2 aromatic heterocycles. The van der Waals surface area contributed by atoms with Gasteiger partial charge in [0.25, 0.3) is 7.82 Å². The van der Waals surface area contributed by atoms with Crippen molar-refractivity contribution < 1.29 is 99.6 Å². The van der Waals surface area contributed by atoms with Gasteiger partial charge in [-0.25, -0.2) is 15.0 Å². The number of hydrogen-bond acceptors (Lipinski definition) is 14. The van der Waals surface area contributed by atoms with E-state index in [0.29, 0.717) is 0 Å². The maximum atomic E-state index is 11.4. The molecule has 1 saturated heterocycles. The van der Waals surface area contributed by atoms with E-state index in [1.807, 2.05) is 0 Å². The molecule has 2 aromatic rings. The Labute approximate surface area is 210 Å². The summed E-state index contributed by atoms with van der Waals surface area (Å²) in [5.41, 5.74) is 6.11. The molecule has 150 valence electrons. The van der Waals surface area contributed by atoms with E-state index in [1.165, 1.54) is 10.9 Å². The van der Waals surface area contributed by atoms with E-state index in [2.05, 4.69) is 35.6 Å². The van der Waals surface area contributed by atoms with Gasteiger partial charge in [-0.15, -0.1) is 11.8 Å². The maximum Gasteiger partial charge on any atom is 1.00 e. The number of fused-ring (bicyclic) bond motifs is 1. The summed E-state index contributed by atoms with van der Waals surface area (Å²) >= 11 is 3.82. The summed E-state index contributed by atoms with van der Waals surface area (Å²) in [6, 6.07) is 0. The Hall–Kier alpha value is 0.702. The van der Waals surface area contributed by atoms with Crippen LogP contribution >= 0.6 is 14.5 Å². The first-order valence-corrected chi connectivity index (χ1v) is 11.1. The number of hydrogen-bond donors (Lipinski definition) is 3. The molecule has 0 spiro atoms. The minimum absolute atomic E-state index is 0. The summed E-state index contributed by atoms with van der Waals surface area (Å²) in [5.74, 6) is 0.0852. The Morgan fingerprint density at radius 2 is 1.83 bits per heavy atom. The van der Waals surface area contributed by atoms with Crippen LogP contribution in [0.1, 0.15) is 6.23 Å². The predicted octanol–water partition coefficient (Wildman–Crippen LogP) is -12.5. The van der Waals surface area contributed by atoms with Crippen LogP contribution in [0.5, 0.6) is 0 Å². The second-order valence-electron chi connectivity index (χ2n) is 5.40. The van der Waals surface area contributed by atoms with E-state index in [-0.39, 0.29) is 73.6 Å². The molecule has 1 unspecified atom stereocenters. The van der Waals surface area contributed by atoms with Gasteiger partial charge in [0, 0.05) is 0 Å². The SMILES string of the molecule is Nc1ncnc2c1ncn2[C@H]1O[C@H](COP(=O)([O-])OP([O-])([O-])=S)[C@@H](O)[C@@H]1O.[Li+].[Li+].[Li+]. The number of anilines is 1. The van der Waals surface area contributed by atoms with Crippen molar-refractivity contribution in [2.45, 2.75) is 24.5 Å². The van der Waals surface area contributed by atoms with Crippen molar-refractivity contribution >= 4 is 43.3 Å². The van der Waals surface area contributed by atoms with Crippen LogP contribution in [0.25, 0.3) is 11.2 Å². The molecule has 3 heterocycles. The van der Waals surface area contributed by atoms with Gasteiger partial charge in [-0.3, -0.25) is 9.13 Å². The Bertz CT molecular complexity index is 951. The van der Waals surface area contributed by atoms with Crippen molar-refractivity contribution in [1.29, 1.82) is 0 Å². The number of aliphatic hydroxyl groups is 2. The second-order valence-corrected chi connectivity index (χ2v) is 9.44. The van der Waals surface area contributed by atoms with Crippen LogP contribution in [0.15, 0.2) is 12.7 Å². The number of aromatic nitrogens is 4. The maximum absolute atomic E-state index is 11.4. The van der Waals surface area contributed by atoms with Crippen LogP contribution in [0.2, 0.25) is 0 Å². The minimum atomic E-state index is -5.30. The fraction of sp³-hybridized carbons (Fsp3) is 0.500. The molecule has 0 bridgehead atoms. The molecule has 4 N–H and O–H groups in total. The fourth-order valence-electron chi connectivity index (χ4n) is 2.46. The van der Waals surface area contributed by atoms with Gasteiger partial charge in [0.2, 0.25) is 0 Å². The minimum Gasteiger partial charge on any atom is -0.812 e. The van der Waals surface area contributed by atoms with Crippen molar-refractivity contribution in [1.82, 2.24) is 19.5 Å². The molecule has 0 saturated carbocycles. The molecule has 1 aliphatic heterocycles. The third-order valence-electron chi connectivity index (χ3n) is 3.60. The first-order chi connectivity index (χ1) is 12.5. The van der Waals surface area contributed by atoms with Gasteiger partial charge < -0.3 is 44.2 Å². The summed E-state index contributed by atoms with van der Waals surface area (Å²) in [5, 5.41) is 20.3. The third kappa shape index (κ3) is 7.10. The number of nitrogen functional groups attached to an aromatic ring is 1. The standard InChI is InChI=1S/C10H15N5O9P2S.3Li/c11-8-5-9(13-2-12-8)15(3-14-5)10-7(17)6(16)4(23-10)1-22-25(18,19)24-26(20,21)27;;;/h2-4,6-7,10,16-17H,1H2,(H,18,19)(H2,11,12,13)(H2,20,21,27);;;/q;3*+1/p-3/t4-,6-,7+,10+;;;/m1.../s1. The van der Waals surface area contributed by atoms with Gasteiger partial charge in [0.1, 0.15) is 30.2 Å². The number of ether oxygens (including phenoxy) is 1. The zero-order chi connectivity index (χ0) is 20.0. The number of nitrogens with two attached hydrogens (primary N) is 1. The van der Waals surface area contributed by atoms with E-state index in [9.17, 15) is 29.5 Å². The molecule has 0 amide bonds. The average molecular weight is 461 g/mol. The average Bonchev–Trinajstić information content (AvgIpc) is 3.07. The zero-order valence-electron chi connectivity index (χ0n) is 16.1. The van der Waals surface area contributed by atoms with Crippen molar-refractivity contribution in [2.75, 3.05) is 12.3 Å². The largest absolute Gasteiger partial charge is 1.00 e. The first-order valence-electron chi connectivity index (χ1n) is 7.12. The van der Waals surface area contributed by atoms with Gasteiger partial charge in [0.05, 0.1) is 12.9 Å². The summed E-state index contributed by atoms with van der Waals surface area (Å²) in [6.07, 6.45) is -3.23. The van der Waals surface area contributed by atoms with Crippen LogP contribution in [-0.4, -0.2) is 54.7 Å². The molecule has 30 heavy (non-hydrogen) atoms. The van der Waals surface area contributed by atoms with Gasteiger partial charge in [-0.2, -0.15) is 0 Å². The Kier molecular flexibility index (Phi) is 12.0. The molecule has 20 heteroatoms. The van der Waals surface area contributed by atoms with E-state index >= 15 is 0 Å². The molecule has 0 radical (unpaired) electrons. The van der Waals surface area contributed by atoms with Crippen LogP contribution in [-0.2, 0) is 29.9 Å². The monoisotopic (exact) mass is 461 g/mol. The molecule has 0 aromatic carbocycles. The third-order valence-corrected chi connectivity index (χ3v) is 6.26. The Morgan fingerprint density at radius 3 is 2.43 bits per heavy atom. The number of nitrogens with zero attached hydrogens (tertiary/aromatic N) is 4. The normalized spacial score (nSPS) is 25.6. The van der Waals surface area contributed by atoms with E-state index in [1.54, 1.807) is 0 Å².